The minimum absolute atomic E-state index is 0.160. The summed E-state index contributed by atoms with van der Waals surface area (Å²) in [6.45, 7) is 1.80. The smallest absolute Gasteiger partial charge is 0.414 e. The molecule has 3 rings (SSSR count). The molecule has 128 valence electrons. The fourth-order valence-corrected chi connectivity index (χ4v) is 3.11. The van der Waals surface area contributed by atoms with Crippen LogP contribution in [0, 0.1) is 0 Å². The molecule has 0 spiro atoms. The van der Waals surface area contributed by atoms with Crippen LogP contribution in [0.15, 0.2) is 34.6 Å². The van der Waals surface area contributed by atoms with E-state index in [2.05, 4.69) is 20.4 Å². The molecule has 1 aliphatic rings. The van der Waals surface area contributed by atoms with Crippen molar-refractivity contribution in [3.05, 3.63) is 46.3 Å². The Bertz CT molecular complexity index is 873. The first-order valence-corrected chi connectivity index (χ1v) is 8.49. The maximum Gasteiger partial charge on any atom is 0.414 e. The van der Waals surface area contributed by atoms with Gasteiger partial charge in [0, 0.05) is 18.2 Å². The molecule has 0 unspecified atom stereocenters. The van der Waals surface area contributed by atoms with Crippen LogP contribution in [0.4, 0.5) is 15.5 Å². The number of anilines is 1. The monoisotopic (exact) mass is 357 g/mol. The molecule has 2 heterocycles. The molecule has 25 heavy (non-hydrogen) atoms. The Balaban J connectivity index is 1.72. The SMILES string of the molecule is CCOC(=O)NC(=O)c1ccsc1NC(=O)c1ccc2c(c1)N=CC2. The predicted molar refractivity (Wildman–Crippen MR) is 95.1 cm³/mol. The molecule has 0 saturated heterocycles. The van der Waals surface area contributed by atoms with Crippen molar-refractivity contribution in [1.29, 1.82) is 0 Å². The number of carbonyl (C=O) groups is 3. The molecule has 0 fully saturated rings. The second-order valence-corrected chi connectivity index (χ2v) is 6.07. The van der Waals surface area contributed by atoms with Gasteiger partial charge in [0.2, 0.25) is 0 Å². The van der Waals surface area contributed by atoms with Gasteiger partial charge in [-0.3, -0.25) is 19.9 Å². The number of fused-ring (bicyclic) bond motifs is 1. The number of thiophene rings is 1. The van der Waals surface area contributed by atoms with E-state index in [1.807, 2.05) is 6.07 Å². The number of rotatable bonds is 4. The molecule has 1 aromatic carbocycles. The van der Waals surface area contributed by atoms with Crippen LogP contribution in [0.5, 0.6) is 0 Å². The second-order valence-electron chi connectivity index (χ2n) is 5.15. The first-order chi connectivity index (χ1) is 12.1. The number of imide groups is 1. The Labute approximate surface area is 147 Å². The van der Waals surface area contributed by atoms with E-state index in [4.69, 9.17) is 0 Å². The Morgan fingerprint density at radius 1 is 1.24 bits per heavy atom. The van der Waals surface area contributed by atoms with Gasteiger partial charge in [-0.25, -0.2) is 4.79 Å². The molecular weight excluding hydrogens is 342 g/mol. The molecule has 2 N–H and O–H groups in total. The van der Waals surface area contributed by atoms with Crippen molar-refractivity contribution in [3.63, 3.8) is 0 Å². The van der Waals surface area contributed by atoms with Gasteiger partial charge in [0.1, 0.15) is 5.00 Å². The quantitative estimate of drug-likeness (QED) is 0.878. The van der Waals surface area contributed by atoms with Crippen LogP contribution in [0.1, 0.15) is 33.2 Å². The first kappa shape index (κ1) is 16.8. The van der Waals surface area contributed by atoms with E-state index >= 15 is 0 Å². The van der Waals surface area contributed by atoms with Gasteiger partial charge in [0.15, 0.2) is 0 Å². The molecule has 0 saturated carbocycles. The summed E-state index contributed by atoms with van der Waals surface area (Å²) in [7, 11) is 0. The second kappa shape index (κ2) is 7.27. The zero-order valence-corrected chi connectivity index (χ0v) is 14.2. The number of hydrogen-bond acceptors (Lipinski definition) is 6. The van der Waals surface area contributed by atoms with E-state index in [9.17, 15) is 14.4 Å². The van der Waals surface area contributed by atoms with E-state index < -0.39 is 12.0 Å². The van der Waals surface area contributed by atoms with Gasteiger partial charge in [0.05, 0.1) is 17.9 Å². The largest absolute Gasteiger partial charge is 0.450 e. The van der Waals surface area contributed by atoms with Crippen molar-refractivity contribution in [3.8, 4) is 0 Å². The van der Waals surface area contributed by atoms with E-state index in [-0.39, 0.29) is 18.1 Å². The van der Waals surface area contributed by atoms with Gasteiger partial charge in [-0.2, -0.15) is 0 Å². The molecule has 0 radical (unpaired) electrons. The number of benzene rings is 1. The molecule has 2 aromatic rings. The van der Waals surface area contributed by atoms with Crippen molar-refractivity contribution in [2.24, 2.45) is 4.99 Å². The average molecular weight is 357 g/mol. The van der Waals surface area contributed by atoms with Crippen molar-refractivity contribution in [1.82, 2.24) is 5.32 Å². The van der Waals surface area contributed by atoms with Crippen molar-refractivity contribution in [2.75, 3.05) is 11.9 Å². The fraction of sp³-hybridized carbons (Fsp3) is 0.176. The number of amides is 3. The van der Waals surface area contributed by atoms with Crippen LogP contribution in [0.3, 0.4) is 0 Å². The van der Waals surface area contributed by atoms with Crippen LogP contribution >= 0.6 is 11.3 Å². The lowest BCUT2D eigenvalue weighted by atomic mass is 10.1. The standard InChI is InChI=1S/C17H15N3O4S/c1-2-24-17(23)20-15(22)12-6-8-25-16(12)19-14(21)11-4-3-10-5-7-18-13(10)9-11/h3-4,6-9H,2,5H2,1H3,(H,19,21)(H,20,22,23). The van der Waals surface area contributed by atoms with Gasteiger partial charge in [-0.1, -0.05) is 6.07 Å². The minimum Gasteiger partial charge on any atom is -0.450 e. The van der Waals surface area contributed by atoms with E-state index in [0.717, 1.165) is 17.7 Å². The number of hydrogen-bond donors (Lipinski definition) is 2. The third-order valence-electron chi connectivity index (χ3n) is 3.52. The third kappa shape index (κ3) is 3.74. The number of nitrogens with one attached hydrogen (secondary N) is 2. The summed E-state index contributed by atoms with van der Waals surface area (Å²) in [4.78, 5) is 40.1. The van der Waals surface area contributed by atoms with E-state index in [0.29, 0.717) is 10.6 Å². The molecule has 0 bridgehead atoms. The summed E-state index contributed by atoms with van der Waals surface area (Å²) in [5.74, 6) is -0.980. The molecule has 8 heteroatoms. The van der Waals surface area contributed by atoms with Crippen LogP contribution in [-0.4, -0.2) is 30.7 Å². The summed E-state index contributed by atoms with van der Waals surface area (Å²) >= 11 is 1.19. The molecule has 7 nitrogen and oxygen atoms in total. The van der Waals surface area contributed by atoms with Crippen LogP contribution < -0.4 is 10.6 Å². The third-order valence-corrected chi connectivity index (χ3v) is 4.35. The summed E-state index contributed by atoms with van der Waals surface area (Å²) in [5, 5.41) is 6.82. The Hall–Kier alpha value is -3.00. The highest BCUT2D eigenvalue weighted by Gasteiger charge is 2.19. The van der Waals surface area contributed by atoms with Crippen LogP contribution in [-0.2, 0) is 11.2 Å². The Morgan fingerprint density at radius 3 is 2.88 bits per heavy atom. The normalized spacial score (nSPS) is 11.7. The molecule has 1 aromatic heterocycles. The lowest BCUT2D eigenvalue weighted by Crippen LogP contribution is -2.31. The van der Waals surface area contributed by atoms with Crippen molar-refractivity contribution < 1.29 is 19.1 Å². The number of ether oxygens (including phenoxy) is 1. The predicted octanol–water partition coefficient (Wildman–Crippen LogP) is 3.15. The van der Waals surface area contributed by atoms with Crippen molar-refractivity contribution >= 4 is 46.1 Å². The minimum atomic E-state index is -0.826. The number of aliphatic imine (C=N–C) groups is 1. The maximum absolute atomic E-state index is 12.4. The summed E-state index contributed by atoms with van der Waals surface area (Å²) in [6.07, 6.45) is 1.73. The Morgan fingerprint density at radius 2 is 2.08 bits per heavy atom. The van der Waals surface area contributed by atoms with Gasteiger partial charge in [-0.05, 0) is 36.1 Å². The first-order valence-electron chi connectivity index (χ1n) is 7.61. The molecule has 3 amide bonds. The zero-order chi connectivity index (χ0) is 17.8. The lowest BCUT2D eigenvalue weighted by molar-refractivity contribution is 0.0926. The van der Waals surface area contributed by atoms with E-state index in [1.54, 1.807) is 30.7 Å². The molecule has 0 aliphatic carbocycles. The van der Waals surface area contributed by atoms with E-state index in [1.165, 1.54) is 17.4 Å². The molecular formula is C17H15N3O4S. The highest BCUT2D eigenvalue weighted by atomic mass is 32.1. The van der Waals surface area contributed by atoms with Crippen LogP contribution in [0.25, 0.3) is 0 Å². The number of nitrogens with zero attached hydrogens (tertiary/aromatic N) is 1. The number of alkyl carbamates (subject to hydrolysis) is 1. The highest BCUT2D eigenvalue weighted by Crippen LogP contribution is 2.27. The topological polar surface area (TPSA) is 96.9 Å². The number of carbonyl (C=O) groups excluding carboxylic acids is 3. The lowest BCUT2D eigenvalue weighted by Gasteiger charge is -2.08. The fourth-order valence-electron chi connectivity index (χ4n) is 2.33. The maximum atomic E-state index is 12.4. The molecule has 0 atom stereocenters. The van der Waals surface area contributed by atoms with Crippen LogP contribution in [0.2, 0.25) is 0 Å². The average Bonchev–Trinajstić information content (AvgIpc) is 3.22. The zero-order valence-electron chi connectivity index (χ0n) is 13.4. The summed E-state index contributed by atoms with van der Waals surface area (Å²) < 4.78 is 4.68. The van der Waals surface area contributed by atoms with Gasteiger partial charge < -0.3 is 10.1 Å². The summed E-state index contributed by atoms with van der Waals surface area (Å²) in [5.41, 5.74) is 2.50. The molecule has 1 aliphatic heterocycles. The van der Waals surface area contributed by atoms with Gasteiger partial charge >= 0.3 is 6.09 Å². The van der Waals surface area contributed by atoms with Crippen molar-refractivity contribution in [2.45, 2.75) is 13.3 Å². The Kier molecular flexibility index (Phi) is 4.90. The summed E-state index contributed by atoms with van der Waals surface area (Å²) in [6, 6.07) is 6.82. The highest BCUT2D eigenvalue weighted by molar-refractivity contribution is 7.14. The van der Waals surface area contributed by atoms with Gasteiger partial charge in [-0.15, -0.1) is 11.3 Å². The van der Waals surface area contributed by atoms with Gasteiger partial charge in [0.25, 0.3) is 11.8 Å².